The maximum atomic E-state index is 6.20. The molecule has 0 spiro atoms. The third kappa shape index (κ3) is 3.34. The van der Waals surface area contributed by atoms with Crippen LogP contribution in [0.15, 0.2) is 24.8 Å². The van der Waals surface area contributed by atoms with E-state index in [1.807, 2.05) is 4.57 Å². The summed E-state index contributed by atoms with van der Waals surface area (Å²) >= 11 is 6.20. The molecule has 3 rings (SSSR count). The SMILES string of the molecule is CCCCNc1nc(N)c2ncn(Cc3cnccc3Cl)c2n1. The Hall–Kier alpha value is -2.41. The second kappa shape index (κ2) is 6.78. The lowest BCUT2D eigenvalue weighted by Gasteiger charge is -2.08. The largest absolute Gasteiger partial charge is 0.382 e. The van der Waals surface area contributed by atoms with Gasteiger partial charge in [-0.25, -0.2) is 4.98 Å². The second-order valence-electron chi connectivity index (χ2n) is 5.22. The summed E-state index contributed by atoms with van der Waals surface area (Å²) in [5.41, 5.74) is 8.15. The summed E-state index contributed by atoms with van der Waals surface area (Å²) in [5.74, 6) is 0.882. The molecule has 0 atom stereocenters. The number of hydrogen-bond donors (Lipinski definition) is 2. The normalized spacial score (nSPS) is 11.0. The molecule has 0 saturated heterocycles. The summed E-state index contributed by atoms with van der Waals surface area (Å²) in [5, 5.41) is 3.85. The van der Waals surface area contributed by atoms with E-state index in [4.69, 9.17) is 17.3 Å². The molecule has 3 aromatic rings. The molecule has 0 amide bonds. The average molecular weight is 332 g/mol. The molecule has 3 heterocycles. The van der Waals surface area contributed by atoms with Gasteiger partial charge < -0.3 is 15.6 Å². The number of nitrogens with two attached hydrogens (primary N) is 1. The van der Waals surface area contributed by atoms with Crippen molar-refractivity contribution in [2.24, 2.45) is 0 Å². The van der Waals surface area contributed by atoms with Crippen LogP contribution in [0.25, 0.3) is 11.2 Å². The molecule has 3 N–H and O–H groups in total. The van der Waals surface area contributed by atoms with E-state index < -0.39 is 0 Å². The van der Waals surface area contributed by atoms with Gasteiger partial charge in [-0.3, -0.25) is 4.98 Å². The van der Waals surface area contributed by atoms with Crippen LogP contribution in [0.2, 0.25) is 5.02 Å². The van der Waals surface area contributed by atoms with Crippen molar-refractivity contribution >= 4 is 34.5 Å². The number of unbranched alkanes of at least 4 members (excludes halogenated alkanes) is 1. The molecule has 0 bridgehead atoms. The van der Waals surface area contributed by atoms with Crippen molar-refractivity contribution < 1.29 is 0 Å². The van der Waals surface area contributed by atoms with Gasteiger partial charge in [-0.2, -0.15) is 9.97 Å². The Morgan fingerprint density at radius 1 is 1.35 bits per heavy atom. The number of rotatable bonds is 6. The van der Waals surface area contributed by atoms with Crippen molar-refractivity contribution in [1.29, 1.82) is 0 Å². The Balaban J connectivity index is 1.93. The zero-order chi connectivity index (χ0) is 16.2. The van der Waals surface area contributed by atoms with Gasteiger partial charge in [-0.05, 0) is 12.5 Å². The minimum absolute atomic E-state index is 0.366. The van der Waals surface area contributed by atoms with E-state index >= 15 is 0 Å². The summed E-state index contributed by atoms with van der Waals surface area (Å²) in [6.07, 6.45) is 7.23. The van der Waals surface area contributed by atoms with Gasteiger partial charge in [0.05, 0.1) is 12.9 Å². The fourth-order valence-electron chi connectivity index (χ4n) is 2.25. The highest BCUT2D eigenvalue weighted by atomic mass is 35.5. The Morgan fingerprint density at radius 3 is 3.00 bits per heavy atom. The fraction of sp³-hybridized carbons (Fsp3) is 0.333. The van der Waals surface area contributed by atoms with Crippen LogP contribution < -0.4 is 11.1 Å². The zero-order valence-corrected chi connectivity index (χ0v) is 13.6. The first-order valence-electron chi connectivity index (χ1n) is 7.49. The Morgan fingerprint density at radius 2 is 2.22 bits per heavy atom. The van der Waals surface area contributed by atoms with Gasteiger partial charge in [-0.1, -0.05) is 24.9 Å². The van der Waals surface area contributed by atoms with E-state index in [-0.39, 0.29) is 0 Å². The van der Waals surface area contributed by atoms with Gasteiger partial charge in [0.15, 0.2) is 11.5 Å². The Labute approximate surface area is 138 Å². The van der Waals surface area contributed by atoms with Gasteiger partial charge in [0.1, 0.15) is 5.52 Å². The van der Waals surface area contributed by atoms with Gasteiger partial charge in [-0.15, -0.1) is 0 Å². The molecule has 0 radical (unpaired) electrons. The number of nitrogens with zero attached hydrogens (tertiary/aromatic N) is 5. The summed E-state index contributed by atoms with van der Waals surface area (Å²) in [4.78, 5) is 17.2. The van der Waals surface area contributed by atoms with Crippen LogP contribution in [-0.4, -0.2) is 31.0 Å². The summed E-state index contributed by atoms with van der Waals surface area (Å²) in [7, 11) is 0. The first kappa shape index (κ1) is 15.5. The van der Waals surface area contributed by atoms with Gasteiger partial charge in [0.2, 0.25) is 5.95 Å². The Kier molecular flexibility index (Phi) is 4.57. The standard InChI is InChI=1S/C15H18ClN7/c1-2-3-5-19-15-21-13(17)12-14(22-15)23(9-20-12)8-10-7-18-6-4-11(10)16/h4,6-7,9H,2-3,5,8H2,1H3,(H3,17,19,21,22). The van der Waals surface area contributed by atoms with Crippen LogP contribution in [0.4, 0.5) is 11.8 Å². The molecule has 3 aromatic heterocycles. The van der Waals surface area contributed by atoms with Crippen LogP contribution in [0.1, 0.15) is 25.3 Å². The number of anilines is 2. The minimum atomic E-state index is 0.366. The van der Waals surface area contributed by atoms with Crippen molar-refractivity contribution in [3.05, 3.63) is 35.4 Å². The maximum absolute atomic E-state index is 6.20. The van der Waals surface area contributed by atoms with Crippen molar-refractivity contribution in [2.75, 3.05) is 17.6 Å². The number of pyridine rings is 1. The molecule has 7 nitrogen and oxygen atoms in total. The molecular weight excluding hydrogens is 314 g/mol. The summed E-state index contributed by atoms with van der Waals surface area (Å²) < 4.78 is 1.89. The topological polar surface area (TPSA) is 94.5 Å². The van der Waals surface area contributed by atoms with Gasteiger partial charge >= 0.3 is 0 Å². The molecule has 23 heavy (non-hydrogen) atoms. The molecule has 0 aromatic carbocycles. The van der Waals surface area contributed by atoms with Crippen LogP contribution in [0.5, 0.6) is 0 Å². The molecule has 120 valence electrons. The van der Waals surface area contributed by atoms with E-state index in [0.29, 0.717) is 34.5 Å². The van der Waals surface area contributed by atoms with E-state index in [9.17, 15) is 0 Å². The molecular formula is C15H18ClN7. The summed E-state index contributed by atoms with van der Waals surface area (Å²) in [6.45, 7) is 3.46. The highest BCUT2D eigenvalue weighted by Gasteiger charge is 2.12. The third-order valence-corrected chi connectivity index (χ3v) is 3.86. The van der Waals surface area contributed by atoms with Crippen molar-refractivity contribution in [3.63, 3.8) is 0 Å². The molecule has 0 unspecified atom stereocenters. The number of aromatic nitrogens is 5. The highest BCUT2D eigenvalue weighted by Crippen LogP contribution is 2.21. The van der Waals surface area contributed by atoms with Crippen LogP contribution in [0.3, 0.4) is 0 Å². The van der Waals surface area contributed by atoms with E-state index in [0.717, 1.165) is 24.9 Å². The fourth-order valence-corrected chi connectivity index (χ4v) is 2.41. The minimum Gasteiger partial charge on any atom is -0.382 e. The number of nitrogen functional groups attached to an aromatic ring is 1. The second-order valence-corrected chi connectivity index (χ2v) is 5.63. The number of nitrogens with one attached hydrogen (secondary N) is 1. The van der Waals surface area contributed by atoms with Crippen molar-refractivity contribution in [2.45, 2.75) is 26.3 Å². The number of fused-ring (bicyclic) bond motifs is 1. The lowest BCUT2D eigenvalue weighted by atomic mass is 10.3. The first-order valence-corrected chi connectivity index (χ1v) is 7.87. The lowest BCUT2D eigenvalue weighted by molar-refractivity contribution is 0.805. The number of halogens is 1. The monoisotopic (exact) mass is 331 g/mol. The Bertz CT molecular complexity index is 815. The molecule has 0 saturated carbocycles. The van der Waals surface area contributed by atoms with Crippen LogP contribution in [-0.2, 0) is 6.54 Å². The predicted molar refractivity (Wildman–Crippen MR) is 91.5 cm³/mol. The molecule has 0 aliphatic rings. The van der Waals surface area contributed by atoms with E-state index in [1.165, 1.54) is 0 Å². The first-order chi connectivity index (χ1) is 11.2. The highest BCUT2D eigenvalue weighted by molar-refractivity contribution is 6.31. The van der Waals surface area contributed by atoms with Gasteiger partial charge in [0, 0.05) is 29.5 Å². The van der Waals surface area contributed by atoms with Crippen LogP contribution in [0, 0.1) is 0 Å². The maximum Gasteiger partial charge on any atom is 0.226 e. The molecule has 0 fully saturated rings. The smallest absolute Gasteiger partial charge is 0.226 e. The van der Waals surface area contributed by atoms with Crippen molar-refractivity contribution in [1.82, 2.24) is 24.5 Å². The predicted octanol–water partition coefficient (Wildman–Crippen LogP) is 2.72. The lowest BCUT2D eigenvalue weighted by Crippen LogP contribution is -2.08. The molecule has 0 aliphatic carbocycles. The number of hydrogen-bond acceptors (Lipinski definition) is 6. The van der Waals surface area contributed by atoms with Gasteiger partial charge in [0.25, 0.3) is 0 Å². The van der Waals surface area contributed by atoms with Crippen LogP contribution >= 0.6 is 11.6 Å². The number of imidazole rings is 1. The van der Waals surface area contributed by atoms with Crippen molar-refractivity contribution in [3.8, 4) is 0 Å². The summed E-state index contributed by atoms with van der Waals surface area (Å²) in [6, 6.07) is 1.76. The average Bonchev–Trinajstić information content (AvgIpc) is 2.94. The zero-order valence-electron chi connectivity index (χ0n) is 12.8. The molecule has 0 aliphatic heterocycles. The van der Waals surface area contributed by atoms with E-state index in [2.05, 4.69) is 32.2 Å². The third-order valence-electron chi connectivity index (χ3n) is 3.49. The molecule has 8 heteroatoms. The van der Waals surface area contributed by atoms with E-state index in [1.54, 1.807) is 24.8 Å². The quantitative estimate of drug-likeness (QED) is 0.674.